The summed E-state index contributed by atoms with van der Waals surface area (Å²) in [6.45, 7) is 0.140. The Kier molecular flexibility index (Phi) is 5.59. The SMILES string of the molecule is COc1ccc2c(Cn3c(O)c(N=O)c4ccc(-c5ccc(SC)cc5)cc43)cc(=O)oc2c1. The maximum absolute atomic E-state index is 12.2. The van der Waals surface area contributed by atoms with Crippen LogP contribution in [0.2, 0.25) is 0 Å². The summed E-state index contributed by atoms with van der Waals surface area (Å²) in [6, 6.07) is 20.3. The van der Waals surface area contributed by atoms with Crippen LogP contribution < -0.4 is 10.4 Å². The Labute approximate surface area is 198 Å². The fraction of sp³-hybridized carbons (Fsp3) is 0.115. The van der Waals surface area contributed by atoms with Crippen LogP contribution in [-0.2, 0) is 6.54 Å². The largest absolute Gasteiger partial charge is 0.497 e. The topological polar surface area (TPSA) is 94.0 Å². The van der Waals surface area contributed by atoms with Gasteiger partial charge < -0.3 is 18.8 Å². The van der Waals surface area contributed by atoms with Gasteiger partial charge in [-0.15, -0.1) is 16.7 Å². The average Bonchev–Trinajstić information content (AvgIpc) is 3.13. The molecule has 0 unspecified atom stereocenters. The van der Waals surface area contributed by atoms with Gasteiger partial charge in [-0.25, -0.2) is 4.79 Å². The first-order valence-corrected chi connectivity index (χ1v) is 11.7. The molecule has 0 aliphatic carbocycles. The molecule has 0 amide bonds. The molecule has 170 valence electrons. The van der Waals surface area contributed by atoms with Gasteiger partial charge in [-0.2, -0.15) is 0 Å². The van der Waals surface area contributed by atoms with Crippen molar-refractivity contribution in [2.45, 2.75) is 11.4 Å². The second kappa shape index (κ2) is 8.72. The predicted molar refractivity (Wildman–Crippen MR) is 134 cm³/mol. The molecule has 5 aromatic rings. The van der Waals surface area contributed by atoms with Crippen LogP contribution in [0.4, 0.5) is 5.69 Å². The zero-order valence-corrected chi connectivity index (χ0v) is 19.3. The van der Waals surface area contributed by atoms with E-state index in [1.807, 2.05) is 42.7 Å². The second-order valence-electron chi connectivity index (χ2n) is 7.76. The molecule has 0 saturated heterocycles. The van der Waals surface area contributed by atoms with Crippen molar-refractivity contribution >= 4 is 39.3 Å². The maximum atomic E-state index is 12.2. The van der Waals surface area contributed by atoms with E-state index in [0.29, 0.717) is 33.2 Å². The number of nitrogens with zero attached hydrogens (tertiary/aromatic N) is 2. The van der Waals surface area contributed by atoms with Gasteiger partial charge in [-0.3, -0.25) is 0 Å². The first kappa shape index (κ1) is 21.8. The Hall–Kier alpha value is -4.04. The molecule has 0 spiro atoms. The lowest BCUT2D eigenvalue weighted by atomic mass is 10.0. The predicted octanol–water partition coefficient (Wildman–Crippen LogP) is 6.30. The first-order valence-electron chi connectivity index (χ1n) is 10.5. The Balaban J connectivity index is 1.68. The highest BCUT2D eigenvalue weighted by Gasteiger charge is 2.20. The van der Waals surface area contributed by atoms with Crippen molar-refractivity contribution < 1.29 is 14.3 Å². The van der Waals surface area contributed by atoms with Crippen LogP contribution >= 0.6 is 11.8 Å². The fourth-order valence-electron chi connectivity index (χ4n) is 4.17. The molecule has 0 saturated carbocycles. The van der Waals surface area contributed by atoms with Gasteiger partial charge in [0.05, 0.1) is 19.2 Å². The summed E-state index contributed by atoms with van der Waals surface area (Å²) in [5.74, 6) is 0.307. The van der Waals surface area contributed by atoms with E-state index in [4.69, 9.17) is 9.15 Å². The van der Waals surface area contributed by atoms with Crippen molar-refractivity contribution in [3.8, 4) is 22.8 Å². The number of nitroso groups, excluding NO2 is 1. The molecule has 7 nitrogen and oxygen atoms in total. The third-order valence-electron chi connectivity index (χ3n) is 5.89. The Bertz CT molecular complexity index is 1600. The molecule has 34 heavy (non-hydrogen) atoms. The van der Waals surface area contributed by atoms with Gasteiger partial charge >= 0.3 is 5.63 Å². The quantitative estimate of drug-likeness (QED) is 0.177. The lowest BCUT2D eigenvalue weighted by Crippen LogP contribution is -2.05. The average molecular weight is 473 g/mol. The van der Waals surface area contributed by atoms with Crippen LogP contribution in [-0.4, -0.2) is 23.0 Å². The number of methoxy groups -OCH3 is 1. The van der Waals surface area contributed by atoms with Crippen LogP contribution in [0.3, 0.4) is 0 Å². The van der Waals surface area contributed by atoms with Crippen LogP contribution in [0.5, 0.6) is 11.6 Å². The number of rotatable bonds is 6. The highest BCUT2D eigenvalue weighted by molar-refractivity contribution is 7.98. The number of hydrogen-bond acceptors (Lipinski definition) is 7. The Morgan fingerprint density at radius 2 is 1.74 bits per heavy atom. The smallest absolute Gasteiger partial charge is 0.336 e. The number of aromatic nitrogens is 1. The van der Waals surface area contributed by atoms with Crippen molar-refractivity contribution in [1.82, 2.24) is 4.57 Å². The first-order chi connectivity index (χ1) is 16.5. The molecule has 0 aliphatic rings. The highest BCUT2D eigenvalue weighted by Crippen LogP contribution is 2.41. The molecule has 3 aromatic carbocycles. The Morgan fingerprint density at radius 3 is 2.44 bits per heavy atom. The third-order valence-corrected chi connectivity index (χ3v) is 6.64. The summed E-state index contributed by atoms with van der Waals surface area (Å²) in [7, 11) is 1.54. The Morgan fingerprint density at radius 1 is 1.00 bits per heavy atom. The maximum Gasteiger partial charge on any atom is 0.336 e. The zero-order chi connectivity index (χ0) is 23.8. The standard InChI is InChI=1S/C26H20N2O5S/c1-32-18-6-10-20-17(12-24(29)33-23(20)13-18)14-28-22-11-16(15-3-7-19(34-2)8-4-15)5-9-21(22)25(27-31)26(28)30/h3-13,30H,14H2,1-2H3. The second-order valence-corrected chi connectivity index (χ2v) is 8.64. The van der Waals surface area contributed by atoms with Crippen molar-refractivity contribution in [2.24, 2.45) is 5.18 Å². The monoisotopic (exact) mass is 472 g/mol. The van der Waals surface area contributed by atoms with E-state index in [9.17, 15) is 14.8 Å². The number of benzene rings is 3. The molecule has 1 N–H and O–H groups in total. The lowest BCUT2D eigenvalue weighted by molar-refractivity contribution is 0.414. The third kappa shape index (κ3) is 3.72. The molecular weight excluding hydrogens is 452 g/mol. The van der Waals surface area contributed by atoms with E-state index in [-0.39, 0.29) is 18.1 Å². The van der Waals surface area contributed by atoms with E-state index in [1.165, 1.54) is 13.2 Å². The van der Waals surface area contributed by atoms with Gasteiger partial charge in [0.2, 0.25) is 5.88 Å². The molecule has 0 radical (unpaired) electrons. The molecule has 8 heteroatoms. The minimum atomic E-state index is -0.519. The lowest BCUT2D eigenvalue weighted by Gasteiger charge is -2.11. The number of thioether (sulfide) groups is 1. The fourth-order valence-corrected chi connectivity index (χ4v) is 4.58. The van der Waals surface area contributed by atoms with Crippen molar-refractivity contribution in [3.05, 3.63) is 87.6 Å². The minimum Gasteiger partial charge on any atom is -0.497 e. The van der Waals surface area contributed by atoms with Crippen LogP contribution in [0.1, 0.15) is 5.56 Å². The summed E-state index contributed by atoms with van der Waals surface area (Å²) in [5, 5.41) is 15.2. The summed E-state index contributed by atoms with van der Waals surface area (Å²) >= 11 is 1.67. The summed E-state index contributed by atoms with van der Waals surface area (Å²) < 4.78 is 12.2. The van der Waals surface area contributed by atoms with Crippen molar-refractivity contribution in [1.29, 1.82) is 0 Å². The molecule has 5 rings (SSSR count). The molecule has 0 bridgehead atoms. The molecule has 2 aromatic heterocycles. The van der Waals surface area contributed by atoms with Gasteiger partial charge in [0, 0.05) is 27.8 Å². The number of aromatic hydroxyl groups is 1. The van der Waals surface area contributed by atoms with E-state index in [2.05, 4.69) is 5.18 Å². The van der Waals surface area contributed by atoms with Crippen molar-refractivity contribution in [3.63, 3.8) is 0 Å². The molecule has 2 heterocycles. The van der Waals surface area contributed by atoms with Crippen LogP contribution in [0.25, 0.3) is 33.0 Å². The molecule has 0 atom stereocenters. The highest BCUT2D eigenvalue weighted by atomic mass is 32.2. The van der Waals surface area contributed by atoms with Gasteiger partial charge in [0.15, 0.2) is 5.69 Å². The number of hydrogen-bond donors (Lipinski definition) is 1. The number of fused-ring (bicyclic) bond motifs is 2. The summed E-state index contributed by atoms with van der Waals surface area (Å²) in [6.07, 6.45) is 2.02. The van der Waals surface area contributed by atoms with E-state index in [0.717, 1.165) is 16.0 Å². The van der Waals surface area contributed by atoms with Crippen LogP contribution in [0, 0.1) is 4.91 Å². The van der Waals surface area contributed by atoms with E-state index in [1.54, 1.807) is 40.6 Å². The molecule has 0 aliphatic heterocycles. The minimum absolute atomic E-state index is 0.0341. The molecular formula is C26H20N2O5S. The molecule has 0 fully saturated rings. The van der Waals surface area contributed by atoms with Gasteiger partial charge in [-0.1, -0.05) is 18.2 Å². The van der Waals surface area contributed by atoms with Gasteiger partial charge in [0.25, 0.3) is 0 Å². The number of ether oxygens (including phenoxy) is 1. The van der Waals surface area contributed by atoms with Gasteiger partial charge in [-0.05, 0) is 64.5 Å². The summed E-state index contributed by atoms with van der Waals surface area (Å²) in [4.78, 5) is 25.0. The summed E-state index contributed by atoms with van der Waals surface area (Å²) in [5.41, 5.74) is 3.02. The zero-order valence-electron chi connectivity index (χ0n) is 18.4. The van der Waals surface area contributed by atoms with Crippen molar-refractivity contribution in [2.75, 3.05) is 13.4 Å². The van der Waals surface area contributed by atoms with Crippen LogP contribution in [0.15, 0.2) is 86.0 Å². The normalized spacial score (nSPS) is 11.2. The van der Waals surface area contributed by atoms with E-state index >= 15 is 0 Å². The van der Waals surface area contributed by atoms with E-state index < -0.39 is 5.63 Å². The van der Waals surface area contributed by atoms with Gasteiger partial charge in [0.1, 0.15) is 11.3 Å².